The van der Waals surface area contributed by atoms with E-state index >= 15 is 0 Å². The van der Waals surface area contributed by atoms with Crippen LogP contribution in [0.5, 0.6) is 28.7 Å². The monoisotopic (exact) mass is 447 g/mol. The molecule has 0 radical (unpaired) electrons. The Labute approximate surface area is 189 Å². The zero-order valence-electron chi connectivity index (χ0n) is 18.2. The van der Waals surface area contributed by atoms with Gasteiger partial charge in [-0.1, -0.05) is 12.1 Å². The molecule has 0 bridgehead atoms. The maximum absolute atomic E-state index is 13.2. The van der Waals surface area contributed by atoms with Crippen LogP contribution in [-0.2, 0) is 11.4 Å². The summed E-state index contributed by atoms with van der Waals surface area (Å²) < 4.78 is 15.9. The standard InChI is InChI=1S/C25H21NO7/c1-30-16-6-4-13(5-7-16)12-33-26-19-8-14-9-20(31-2)23(28)24(32-3)21(14)17-10-15(27)11-18(22(17)19)25(26)29/h4-11,27-28H,12H2,1-3H3. The molecule has 8 heteroatoms. The molecule has 0 aliphatic carbocycles. The van der Waals surface area contributed by atoms with E-state index in [1.54, 1.807) is 25.3 Å². The predicted molar refractivity (Wildman–Crippen MR) is 122 cm³/mol. The molecule has 0 spiro atoms. The Morgan fingerprint density at radius 1 is 0.879 bits per heavy atom. The zero-order valence-corrected chi connectivity index (χ0v) is 18.2. The van der Waals surface area contributed by atoms with Crippen molar-refractivity contribution in [3.05, 3.63) is 59.7 Å². The lowest BCUT2D eigenvalue weighted by Crippen LogP contribution is -2.26. The predicted octanol–water partition coefficient (Wildman–Crippen LogP) is 4.52. The van der Waals surface area contributed by atoms with Gasteiger partial charge in [-0.15, -0.1) is 0 Å². The average molecular weight is 447 g/mol. The summed E-state index contributed by atoms with van der Waals surface area (Å²) in [5.41, 5.74) is 1.68. The Morgan fingerprint density at radius 3 is 2.30 bits per heavy atom. The fourth-order valence-electron chi connectivity index (χ4n) is 4.25. The Balaban J connectivity index is 1.67. The van der Waals surface area contributed by atoms with Crippen molar-refractivity contribution in [2.24, 2.45) is 0 Å². The van der Waals surface area contributed by atoms with Crippen molar-refractivity contribution < 1.29 is 34.1 Å². The molecule has 0 fully saturated rings. The van der Waals surface area contributed by atoms with Gasteiger partial charge in [-0.3, -0.25) is 9.63 Å². The lowest BCUT2D eigenvalue weighted by atomic mass is 9.97. The zero-order chi connectivity index (χ0) is 23.3. The van der Waals surface area contributed by atoms with Gasteiger partial charge in [0, 0.05) is 16.2 Å². The number of benzene rings is 4. The number of hydroxylamine groups is 1. The summed E-state index contributed by atoms with van der Waals surface area (Å²) >= 11 is 0. The maximum Gasteiger partial charge on any atom is 0.283 e. The number of anilines is 1. The molecule has 1 aliphatic rings. The second-order valence-electron chi connectivity index (χ2n) is 7.59. The minimum Gasteiger partial charge on any atom is -0.508 e. The number of methoxy groups -OCH3 is 3. The highest BCUT2D eigenvalue weighted by Gasteiger charge is 2.34. The molecule has 0 aromatic heterocycles. The molecular weight excluding hydrogens is 426 g/mol. The molecule has 1 amide bonds. The van der Waals surface area contributed by atoms with E-state index in [0.29, 0.717) is 32.8 Å². The molecule has 0 unspecified atom stereocenters. The second kappa shape index (κ2) is 7.75. The first-order valence-corrected chi connectivity index (χ1v) is 10.1. The normalized spacial score (nSPS) is 12.6. The number of nitrogens with zero attached hydrogens (tertiary/aromatic N) is 1. The van der Waals surface area contributed by atoms with Crippen molar-refractivity contribution in [2.45, 2.75) is 6.61 Å². The molecule has 0 saturated heterocycles. The van der Waals surface area contributed by atoms with E-state index < -0.39 is 5.91 Å². The number of hydrogen-bond donors (Lipinski definition) is 2. The Bertz CT molecular complexity index is 1410. The summed E-state index contributed by atoms with van der Waals surface area (Å²) in [4.78, 5) is 19.2. The van der Waals surface area contributed by atoms with Crippen molar-refractivity contribution in [1.82, 2.24) is 0 Å². The van der Waals surface area contributed by atoms with Crippen LogP contribution in [0.3, 0.4) is 0 Å². The number of fused-ring (bicyclic) bond motifs is 2. The van der Waals surface area contributed by atoms with Crippen molar-refractivity contribution in [2.75, 3.05) is 26.4 Å². The van der Waals surface area contributed by atoms with Crippen LogP contribution in [0.15, 0.2) is 48.5 Å². The summed E-state index contributed by atoms with van der Waals surface area (Å²) in [6.45, 7) is 0.150. The number of aromatic hydroxyl groups is 2. The highest BCUT2D eigenvalue weighted by Crippen LogP contribution is 2.50. The van der Waals surface area contributed by atoms with Gasteiger partial charge in [0.25, 0.3) is 5.91 Å². The fraction of sp³-hybridized carbons (Fsp3) is 0.160. The summed E-state index contributed by atoms with van der Waals surface area (Å²) in [5.74, 6) is 0.494. The van der Waals surface area contributed by atoms with Crippen LogP contribution in [0.25, 0.3) is 21.5 Å². The average Bonchev–Trinajstić information content (AvgIpc) is 3.09. The van der Waals surface area contributed by atoms with E-state index in [0.717, 1.165) is 11.3 Å². The van der Waals surface area contributed by atoms with Crippen LogP contribution in [-0.4, -0.2) is 37.4 Å². The second-order valence-corrected chi connectivity index (χ2v) is 7.59. The molecular formula is C25H21NO7. The molecule has 33 heavy (non-hydrogen) atoms. The van der Waals surface area contributed by atoms with Crippen molar-refractivity contribution in [3.8, 4) is 28.7 Å². The van der Waals surface area contributed by atoms with E-state index in [2.05, 4.69) is 0 Å². The van der Waals surface area contributed by atoms with E-state index in [1.165, 1.54) is 25.3 Å². The van der Waals surface area contributed by atoms with Gasteiger partial charge in [-0.25, -0.2) is 0 Å². The molecule has 4 aromatic carbocycles. The number of carbonyl (C=O) groups excluding carboxylic acids is 1. The lowest BCUT2D eigenvalue weighted by Gasteiger charge is -2.19. The van der Waals surface area contributed by atoms with Crippen LogP contribution in [0.1, 0.15) is 15.9 Å². The number of carbonyl (C=O) groups is 1. The Kier molecular flexibility index (Phi) is 4.87. The lowest BCUT2D eigenvalue weighted by molar-refractivity contribution is 0.0617. The molecule has 5 rings (SSSR count). The van der Waals surface area contributed by atoms with Gasteiger partial charge in [-0.2, -0.15) is 5.06 Å². The van der Waals surface area contributed by atoms with E-state index in [4.69, 9.17) is 19.0 Å². The third kappa shape index (κ3) is 3.15. The first kappa shape index (κ1) is 20.7. The summed E-state index contributed by atoms with van der Waals surface area (Å²) in [7, 11) is 4.47. The van der Waals surface area contributed by atoms with Crippen molar-refractivity contribution in [1.29, 1.82) is 0 Å². The first-order valence-electron chi connectivity index (χ1n) is 10.1. The summed E-state index contributed by atoms with van der Waals surface area (Å²) in [6, 6.07) is 13.7. The quantitative estimate of drug-likeness (QED) is 0.419. The highest BCUT2D eigenvalue weighted by molar-refractivity contribution is 6.30. The van der Waals surface area contributed by atoms with Gasteiger partial charge in [0.05, 0.1) is 32.6 Å². The summed E-state index contributed by atoms with van der Waals surface area (Å²) in [6.07, 6.45) is 0. The maximum atomic E-state index is 13.2. The molecule has 1 heterocycles. The van der Waals surface area contributed by atoms with Crippen molar-refractivity contribution in [3.63, 3.8) is 0 Å². The summed E-state index contributed by atoms with van der Waals surface area (Å²) in [5, 5.41) is 24.5. The number of amides is 1. The number of rotatable bonds is 6. The number of phenolic OH excluding ortho intramolecular Hbond substituents is 2. The SMILES string of the molecule is COc1ccc(CON2C(=O)c3cc(O)cc4c3c2cc2cc(OC)c(O)c(OC)c24)cc1. The largest absolute Gasteiger partial charge is 0.508 e. The van der Waals surface area contributed by atoms with Crippen LogP contribution >= 0.6 is 0 Å². The number of phenols is 2. The first-order chi connectivity index (χ1) is 16.0. The van der Waals surface area contributed by atoms with Gasteiger partial charge in [0.1, 0.15) is 18.1 Å². The van der Waals surface area contributed by atoms with Crippen LogP contribution in [0, 0.1) is 0 Å². The van der Waals surface area contributed by atoms with E-state index in [-0.39, 0.29) is 29.6 Å². The molecule has 0 atom stereocenters. The third-order valence-corrected chi connectivity index (χ3v) is 5.77. The third-order valence-electron chi connectivity index (χ3n) is 5.77. The minimum atomic E-state index is -0.398. The van der Waals surface area contributed by atoms with Gasteiger partial charge in [0.15, 0.2) is 11.5 Å². The van der Waals surface area contributed by atoms with Gasteiger partial charge in [-0.05, 0) is 47.3 Å². The number of ether oxygens (including phenoxy) is 3. The van der Waals surface area contributed by atoms with Crippen molar-refractivity contribution >= 4 is 33.1 Å². The fourth-order valence-corrected chi connectivity index (χ4v) is 4.25. The molecule has 4 aromatic rings. The molecule has 0 saturated carbocycles. The smallest absolute Gasteiger partial charge is 0.283 e. The number of hydrogen-bond acceptors (Lipinski definition) is 7. The molecule has 1 aliphatic heterocycles. The molecule has 8 nitrogen and oxygen atoms in total. The minimum absolute atomic E-state index is 0.0846. The van der Waals surface area contributed by atoms with Gasteiger partial charge in [0.2, 0.25) is 5.75 Å². The van der Waals surface area contributed by atoms with Gasteiger partial charge < -0.3 is 24.4 Å². The molecule has 2 N–H and O–H groups in total. The van der Waals surface area contributed by atoms with Crippen LogP contribution in [0.4, 0.5) is 5.69 Å². The Hall–Kier alpha value is -4.17. The van der Waals surface area contributed by atoms with E-state index in [1.807, 2.05) is 24.3 Å². The van der Waals surface area contributed by atoms with E-state index in [9.17, 15) is 15.0 Å². The van der Waals surface area contributed by atoms with Gasteiger partial charge >= 0.3 is 0 Å². The van der Waals surface area contributed by atoms with Crippen LogP contribution in [0.2, 0.25) is 0 Å². The highest BCUT2D eigenvalue weighted by atomic mass is 16.7. The topological polar surface area (TPSA) is 97.7 Å². The Morgan fingerprint density at radius 2 is 1.64 bits per heavy atom. The molecule has 168 valence electrons. The van der Waals surface area contributed by atoms with Crippen LogP contribution < -0.4 is 19.3 Å².